The molecule has 3 aromatic rings. The van der Waals surface area contributed by atoms with Crippen molar-refractivity contribution in [1.29, 1.82) is 0 Å². The van der Waals surface area contributed by atoms with Gasteiger partial charge in [0.05, 0.1) is 13.2 Å². The van der Waals surface area contributed by atoms with Gasteiger partial charge in [0.15, 0.2) is 0 Å². The summed E-state index contributed by atoms with van der Waals surface area (Å²) in [7, 11) is 0. The maximum atomic E-state index is 5.81. The summed E-state index contributed by atoms with van der Waals surface area (Å²) in [5.74, 6) is 0. The molecule has 0 N–H and O–H groups in total. The summed E-state index contributed by atoms with van der Waals surface area (Å²) in [5, 5.41) is 0. The number of hydrogen-bond donors (Lipinski definition) is 0. The topological polar surface area (TPSA) is 9.23 Å². The van der Waals surface area contributed by atoms with Crippen LogP contribution in [-0.2, 0) is 18.0 Å². The van der Waals surface area contributed by atoms with E-state index in [1.165, 1.54) is 27.8 Å². The molecular weight excluding hydrogens is 292 g/mol. The largest absolute Gasteiger partial charge is 0.372 e. The van der Waals surface area contributed by atoms with Gasteiger partial charge >= 0.3 is 0 Å². The predicted molar refractivity (Wildman–Crippen MR) is 102 cm³/mol. The van der Waals surface area contributed by atoms with Crippen molar-refractivity contribution >= 4 is 6.08 Å². The van der Waals surface area contributed by atoms with Gasteiger partial charge in [-0.25, -0.2) is 0 Å². The summed E-state index contributed by atoms with van der Waals surface area (Å²) >= 11 is 0. The van der Waals surface area contributed by atoms with Gasteiger partial charge in [-0.15, -0.1) is 0 Å². The molecule has 0 aliphatic heterocycles. The predicted octanol–water partition coefficient (Wildman–Crippen LogP) is 6.02. The molecule has 0 fully saturated rings. The highest BCUT2D eigenvalue weighted by Crippen LogP contribution is 2.20. The van der Waals surface area contributed by atoms with E-state index in [0.29, 0.717) is 13.2 Å². The van der Waals surface area contributed by atoms with Crippen molar-refractivity contribution in [2.45, 2.75) is 20.1 Å². The fourth-order valence-corrected chi connectivity index (χ4v) is 2.58. The van der Waals surface area contributed by atoms with Crippen molar-refractivity contribution in [2.75, 3.05) is 0 Å². The second-order valence-corrected chi connectivity index (χ2v) is 6.00. The van der Waals surface area contributed by atoms with Crippen molar-refractivity contribution in [3.63, 3.8) is 0 Å². The summed E-state index contributed by atoms with van der Waals surface area (Å²) in [6, 6.07) is 25.5. The van der Waals surface area contributed by atoms with Crippen molar-refractivity contribution in [1.82, 2.24) is 0 Å². The molecular formula is C23H22O. The van der Waals surface area contributed by atoms with Crippen LogP contribution in [0, 0.1) is 6.92 Å². The molecule has 0 aromatic heterocycles. The zero-order valence-corrected chi connectivity index (χ0v) is 14.0. The molecule has 24 heavy (non-hydrogen) atoms. The van der Waals surface area contributed by atoms with E-state index in [-0.39, 0.29) is 0 Å². The van der Waals surface area contributed by atoms with Crippen LogP contribution >= 0.6 is 0 Å². The van der Waals surface area contributed by atoms with E-state index in [2.05, 4.69) is 86.3 Å². The van der Waals surface area contributed by atoms with Crippen LogP contribution in [-0.4, -0.2) is 0 Å². The van der Waals surface area contributed by atoms with Crippen LogP contribution in [0.5, 0.6) is 0 Å². The first-order valence-corrected chi connectivity index (χ1v) is 8.20. The third-order valence-electron chi connectivity index (χ3n) is 4.09. The number of hydrogen-bond acceptors (Lipinski definition) is 1. The minimum atomic E-state index is 0.622. The van der Waals surface area contributed by atoms with E-state index < -0.39 is 0 Å². The Kier molecular flexibility index (Phi) is 5.25. The van der Waals surface area contributed by atoms with Crippen molar-refractivity contribution in [2.24, 2.45) is 0 Å². The lowest BCUT2D eigenvalue weighted by Gasteiger charge is -2.07. The fraction of sp³-hybridized carbons (Fsp3) is 0.130. The van der Waals surface area contributed by atoms with Crippen molar-refractivity contribution in [3.8, 4) is 11.1 Å². The van der Waals surface area contributed by atoms with E-state index in [4.69, 9.17) is 4.74 Å². The zero-order valence-electron chi connectivity index (χ0n) is 14.0. The summed E-state index contributed by atoms with van der Waals surface area (Å²) in [4.78, 5) is 0. The van der Waals surface area contributed by atoms with Gasteiger partial charge in [-0.05, 0) is 34.7 Å². The van der Waals surface area contributed by atoms with E-state index in [0.717, 1.165) is 5.56 Å². The van der Waals surface area contributed by atoms with E-state index in [1.54, 1.807) is 0 Å². The molecule has 0 atom stereocenters. The molecule has 0 aliphatic carbocycles. The lowest BCUT2D eigenvalue weighted by Crippen LogP contribution is -1.94. The Labute approximate surface area is 144 Å². The normalized spacial score (nSPS) is 10.5. The highest BCUT2D eigenvalue weighted by Gasteiger charge is 1.99. The van der Waals surface area contributed by atoms with Crippen LogP contribution in [0.2, 0.25) is 0 Å². The number of benzene rings is 3. The fourth-order valence-electron chi connectivity index (χ4n) is 2.58. The Morgan fingerprint density at radius 2 is 1.17 bits per heavy atom. The Morgan fingerprint density at radius 3 is 1.67 bits per heavy atom. The standard InChI is InChI=1S/C23H22O/c1-3-19-6-8-20(9-7-19)16-24-17-21-10-14-23(15-11-21)22-12-4-18(2)5-13-22/h3-15H,1,16-17H2,2H3. The first-order valence-electron chi connectivity index (χ1n) is 8.20. The molecule has 0 bridgehead atoms. The van der Waals surface area contributed by atoms with Crippen LogP contribution in [0.4, 0.5) is 0 Å². The van der Waals surface area contributed by atoms with Crippen LogP contribution in [0.15, 0.2) is 79.4 Å². The Hall–Kier alpha value is -2.64. The smallest absolute Gasteiger partial charge is 0.0721 e. The SMILES string of the molecule is C=Cc1ccc(COCc2ccc(-c3ccc(C)cc3)cc2)cc1. The molecule has 3 rings (SSSR count). The molecule has 0 amide bonds. The van der Waals surface area contributed by atoms with Crippen molar-refractivity contribution < 1.29 is 4.74 Å². The van der Waals surface area contributed by atoms with Gasteiger partial charge in [-0.2, -0.15) is 0 Å². The van der Waals surface area contributed by atoms with Crippen molar-refractivity contribution in [3.05, 3.63) is 102 Å². The van der Waals surface area contributed by atoms with Gasteiger partial charge in [0.1, 0.15) is 0 Å². The van der Waals surface area contributed by atoms with Gasteiger partial charge in [0, 0.05) is 0 Å². The molecule has 0 aliphatic rings. The van der Waals surface area contributed by atoms with E-state index in [9.17, 15) is 0 Å². The summed E-state index contributed by atoms with van der Waals surface area (Å²) < 4.78 is 5.81. The summed E-state index contributed by atoms with van der Waals surface area (Å²) in [6.07, 6.45) is 1.85. The molecule has 3 aromatic carbocycles. The molecule has 0 heterocycles. The minimum absolute atomic E-state index is 0.622. The van der Waals surface area contributed by atoms with Gasteiger partial charge < -0.3 is 4.74 Å². The Bertz CT molecular complexity index is 781. The molecule has 1 nitrogen and oxygen atoms in total. The first-order chi connectivity index (χ1) is 11.7. The minimum Gasteiger partial charge on any atom is -0.372 e. The Balaban J connectivity index is 1.56. The quantitative estimate of drug-likeness (QED) is 0.540. The monoisotopic (exact) mass is 314 g/mol. The average Bonchev–Trinajstić information content (AvgIpc) is 2.64. The highest BCUT2D eigenvalue weighted by atomic mass is 16.5. The van der Waals surface area contributed by atoms with Crippen LogP contribution in [0.1, 0.15) is 22.3 Å². The van der Waals surface area contributed by atoms with Crippen LogP contribution in [0.3, 0.4) is 0 Å². The molecule has 0 radical (unpaired) electrons. The second-order valence-electron chi connectivity index (χ2n) is 6.00. The molecule has 0 unspecified atom stereocenters. The lowest BCUT2D eigenvalue weighted by molar-refractivity contribution is 0.107. The van der Waals surface area contributed by atoms with Crippen LogP contribution < -0.4 is 0 Å². The first kappa shape index (κ1) is 16.2. The maximum Gasteiger partial charge on any atom is 0.0721 e. The van der Waals surface area contributed by atoms with Gasteiger partial charge in [0.2, 0.25) is 0 Å². The van der Waals surface area contributed by atoms with Crippen LogP contribution in [0.25, 0.3) is 17.2 Å². The molecule has 1 heteroatoms. The van der Waals surface area contributed by atoms with E-state index >= 15 is 0 Å². The lowest BCUT2D eigenvalue weighted by atomic mass is 10.0. The zero-order chi connectivity index (χ0) is 16.8. The van der Waals surface area contributed by atoms with E-state index in [1.807, 2.05) is 6.08 Å². The van der Waals surface area contributed by atoms with Gasteiger partial charge in [-0.3, -0.25) is 0 Å². The summed E-state index contributed by atoms with van der Waals surface area (Å²) in [6.45, 7) is 7.12. The molecule has 120 valence electrons. The maximum absolute atomic E-state index is 5.81. The number of aryl methyl sites for hydroxylation is 1. The average molecular weight is 314 g/mol. The summed E-state index contributed by atoms with van der Waals surface area (Å²) in [5.41, 5.74) is 7.26. The number of ether oxygens (including phenoxy) is 1. The third kappa shape index (κ3) is 4.21. The van der Waals surface area contributed by atoms with Gasteiger partial charge in [0.25, 0.3) is 0 Å². The number of rotatable bonds is 6. The Morgan fingerprint density at radius 1 is 0.708 bits per heavy atom. The second kappa shape index (κ2) is 7.76. The molecule has 0 spiro atoms. The third-order valence-corrected chi connectivity index (χ3v) is 4.09. The van der Waals surface area contributed by atoms with Gasteiger partial charge in [-0.1, -0.05) is 91.0 Å². The molecule has 0 saturated heterocycles. The molecule has 0 saturated carbocycles. The highest BCUT2D eigenvalue weighted by molar-refractivity contribution is 5.63.